The Bertz CT molecular complexity index is 342. The number of nitrogens with zero attached hydrogens (tertiary/aromatic N) is 1. The highest BCUT2D eigenvalue weighted by atomic mass is 15.0. The molecule has 0 bridgehead atoms. The van der Waals surface area contributed by atoms with Gasteiger partial charge in [0.05, 0.1) is 0 Å². The van der Waals surface area contributed by atoms with Gasteiger partial charge in [0.15, 0.2) is 0 Å². The largest absolute Gasteiger partial charge is 0.345 e. The number of anilines is 1. The molecule has 1 atom stereocenters. The van der Waals surface area contributed by atoms with Crippen molar-refractivity contribution in [3.63, 3.8) is 0 Å². The van der Waals surface area contributed by atoms with Crippen molar-refractivity contribution in [3.8, 4) is 0 Å². The molecule has 0 fully saturated rings. The summed E-state index contributed by atoms with van der Waals surface area (Å²) in [6.45, 7) is 9.58. The average molecular weight is 191 g/mol. The van der Waals surface area contributed by atoms with Crippen molar-refractivity contribution in [1.82, 2.24) is 4.98 Å². The zero-order chi connectivity index (χ0) is 10.7. The number of hydrogen-bond acceptors (Lipinski definition) is 3. The first-order valence-electron chi connectivity index (χ1n) is 4.65. The van der Waals surface area contributed by atoms with Crippen LogP contribution in [0, 0.1) is 6.92 Å². The highest BCUT2D eigenvalue weighted by Gasteiger charge is 2.03. The first-order chi connectivity index (χ1) is 6.49. The van der Waals surface area contributed by atoms with Crippen LogP contribution in [0.15, 0.2) is 24.4 Å². The highest BCUT2D eigenvalue weighted by Crippen LogP contribution is 2.16. The predicted octanol–water partition coefficient (Wildman–Crippen LogP) is 2.36. The minimum absolute atomic E-state index is 0.0300. The van der Waals surface area contributed by atoms with Gasteiger partial charge < -0.3 is 11.1 Å². The third-order valence-corrected chi connectivity index (χ3v) is 1.84. The average Bonchev–Trinajstić information content (AvgIpc) is 2.01. The van der Waals surface area contributed by atoms with Crippen LogP contribution in [0.1, 0.15) is 31.1 Å². The lowest BCUT2D eigenvalue weighted by molar-refractivity contribution is 0.813. The minimum Gasteiger partial charge on any atom is -0.345 e. The van der Waals surface area contributed by atoms with E-state index in [0.717, 1.165) is 22.8 Å². The predicted molar refractivity (Wildman–Crippen MR) is 60.0 cm³/mol. The Morgan fingerprint density at radius 1 is 1.57 bits per heavy atom. The molecule has 0 spiro atoms. The summed E-state index contributed by atoms with van der Waals surface area (Å²) in [5.74, 6) is 0.810. The van der Waals surface area contributed by atoms with Gasteiger partial charge in [-0.05, 0) is 38.5 Å². The molecule has 0 aliphatic carbocycles. The summed E-state index contributed by atoms with van der Waals surface area (Å²) in [4.78, 5) is 4.33. The van der Waals surface area contributed by atoms with Crippen LogP contribution in [-0.2, 0) is 0 Å². The fraction of sp³-hybridized carbons (Fsp3) is 0.364. The first-order valence-corrected chi connectivity index (χ1v) is 4.65. The van der Waals surface area contributed by atoms with Crippen molar-refractivity contribution in [3.05, 3.63) is 35.7 Å². The minimum atomic E-state index is 0.0300. The second kappa shape index (κ2) is 4.24. The van der Waals surface area contributed by atoms with E-state index in [1.165, 1.54) is 0 Å². The zero-order valence-electron chi connectivity index (χ0n) is 8.96. The Morgan fingerprint density at radius 3 is 2.71 bits per heavy atom. The number of aryl methyl sites for hydroxylation is 1. The molecule has 1 unspecified atom stereocenters. The fourth-order valence-electron chi connectivity index (χ4n) is 1.24. The van der Waals surface area contributed by atoms with Crippen LogP contribution in [0.2, 0.25) is 0 Å². The first kappa shape index (κ1) is 10.7. The molecule has 0 amide bonds. The molecule has 76 valence electrons. The lowest BCUT2D eigenvalue weighted by Gasteiger charge is -2.10. The van der Waals surface area contributed by atoms with Gasteiger partial charge in [0.1, 0.15) is 5.82 Å². The van der Waals surface area contributed by atoms with Crippen molar-refractivity contribution in [2.45, 2.75) is 26.8 Å². The SMILES string of the molecule is C=C(C)Nc1cc(C(C)N)cc(C)n1. The number of allylic oxidation sites excluding steroid dienone is 1. The maximum absolute atomic E-state index is 5.80. The van der Waals surface area contributed by atoms with E-state index in [-0.39, 0.29) is 6.04 Å². The van der Waals surface area contributed by atoms with Crippen LogP contribution in [0.25, 0.3) is 0 Å². The molecule has 0 aromatic carbocycles. The Morgan fingerprint density at radius 2 is 2.21 bits per heavy atom. The van der Waals surface area contributed by atoms with Crippen LogP contribution in [0.4, 0.5) is 5.82 Å². The van der Waals surface area contributed by atoms with Gasteiger partial charge in [-0.2, -0.15) is 0 Å². The van der Waals surface area contributed by atoms with E-state index < -0.39 is 0 Å². The van der Waals surface area contributed by atoms with E-state index in [4.69, 9.17) is 5.73 Å². The lowest BCUT2D eigenvalue weighted by Crippen LogP contribution is -2.07. The molecular formula is C11H17N3. The normalized spacial score (nSPS) is 12.3. The van der Waals surface area contributed by atoms with E-state index in [9.17, 15) is 0 Å². The van der Waals surface area contributed by atoms with E-state index in [1.54, 1.807) is 0 Å². The molecule has 3 N–H and O–H groups in total. The molecule has 0 radical (unpaired) electrons. The van der Waals surface area contributed by atoms with Gasteiger partial charge in [0.25, 0.3) is 0 Å². The van der Waals surface area contributed by atoms with Crippen LogP contribution in [-0.4, -0.2) is 4.98 Å². The quantitative estimate of drug-likeness (QED) is 0.771. The van der Waals surface area contributed by atoms with Gasteiger partial charge in [-0.15, -0.1) is 0 Å². The molecule has 14 heavy (non-hydrogen) atoms. The summed E-state index contributed by atoms with van der Waals surface area (Å²) in [5.41, 5.74) is 8.72. The summed E-state index contributed by atoms with van der Waals surface area (Å²) in [6, 6.07) is 3.98. The van der Waals surface area contributed by atoms with Gasteiger partial charge in [-0.1, -0.05) is 6.58 Å². The van der Waals surface area contributed by atoms with E-state index in [2.05, 4.69) is 16.9 Å². The van der Waals surface area contributed by atoms with Gasteiger partial charge in [-0.25, -0.2) is 4.98 Å². The number of hydrogen-bond donors (Lipinski definition) is 2. The summed E-state index contributed by atoms with van der Waals surface area (Å²) in [6.07, 6.45) is 0. The van der Waals surface area contributed by atoms with E-state index in [0.29, 0.717) is 0 Å². The third kappa shape index (κ3) is 2.85. The lowest BCUT2D eigenvalue weighted by atomic mass is 10.1. The zero-order valence-corrected chi connectivity index (χ0v) is 8.96. The highest BCUT2D eigenvalue weighted by molar-refractivity contribution is 5.44. The smallest absolute Gasteiger partial charge is 0.130 e. The van der Waals surface area contributed by atoms with E-state index >= 15 is 0 Å². The number of nitrogens with one attached hydrogen (secondary N) is 1. The standard InChI is InChI=1S/C11H17N3/c1-7(2)13-11-6-10(9(4)12)5-8(3)14-11/h5-6,9H,1,12H2,2-4H3,(H,13,14). The third-order valence-electron chi connectivity index (χ3n) is 1.84. The van der Waals surface area contributed by atoms with Gasteiger partial charge >= 0.3 is 0 Å². The fourth-order valence-corrected chi connectivity index (χ4v) is 1.24. The monoisotopic (exact) mass is 191 g/mol. The Balaban J connectivity index is 3.01. The van der Waals surface area contributed by atoms with Gasteiger partial charge in [-0.3, -0.25) is 0 Å². The maximum Gasteiger partial charge on any atom is 0.130 e. The topological polar surface area (TPSA) is 50.9 Å². The molecule has 0 aliphatic heterocycles. The molecule has 3 heteroatoms. The summed E-state index contributed by atoms with van der Waals surface area (Å²) >= 11 is 0. The molecule has 1 aromatic rings. The molecule has 0 aliphatic rings. The Kier molecular flexibility index (Phi) is 3.25. The molecule has 1 rings (SSSR count). The van der Waals surface area contributed by atoms with Crippen molar-refractivity contribution < 1.29 is 0 Å². The molecule has 0 saturated carbocycles. The molecule has 1 aromatic heterocycles. The summed E-state index contributed by atoms with van der Waals surface area (Å²) in [7, 11) is 0. The van der Waals surface area contributed by atoms with Crippen molar-refractivity contribution in [2.75, 3.05) is 5.32 Å². The molecular weight excluding hydrogens is 174 g/mol. The molecule has 3 nitrogen and oxygen atoms in total. The van der Waals surface area contributed by atoms with Crippen LogP contribution in [0.3, 0.4) is 0 Å². The maximum atomic E-state index is 5.80. The molecule has 1 heterocycles. The Hall–Kier alpha value is -1.35. The van der Waals surface area contributed by atoms with Crippen molar-refractivity contribution in [2.24, 2.45) is 5.73 Å². The number of rotatable bonds is 3. The van der Waals surface area contributed by atoms with Crippen LogP contribution in [0.5, 0.6) is 0 Å². The van der Waals surface area contributed by atoms with E-state index in [1.807, 2.05) is 32.9 Å². The van der Waals surface area contributed by atoms with Gasteiger partial charge in [0, 0.05) is 17.4 Å². The van der Waals surface area contributed by atoms with Crippen molar-refractivity contribution in [1.29, 1.82) is 0 Å². The second-order valence-electron chi connectivity index (χ2n) is 3.62. The Labute approximate surface area is 85.0 Å². The molecule has 0 saturated heterocycles. The van der Waals surface area contributed by atoms with Crippen LogP contribution >= 0.6 is 0 Å². The second-order valence-corrected chi connectivity index (χ2v) is 3.62. The summed E-state index contributed by atoms with van der Waals surface area (Å²) < 4.78 is 0. The number of aromatic nitrogens is 1. The number of nitrogens with two attached hydrogens (primary N) is 1. The van der Waals surface area contributed by atoms with Crippen molar-refractivity contribution >= 4 is 5.82 Å². The van der Waals surface area contributed by atoms with Gasteiger partial charge in [0.2, 0.25) is 0 Å². The number of pyridine rings is 1. The van der Waals surface area contributed by atoms with Crippen LogP contribution < -0.4 is 11.1 Å². The summed E-state index contributed by atoms with van der Waals surface area (Å²) in [5, 5.41) is 3.08.